The van der Waals surface area contributed by atoms with E-state index >= 15 is 0 Å². The van der Waals surface area contributed by atoms with Gasteiger partial charge in [-0.2, -0.15) is 12.7 Å². The Morgan fingerprint density at radius 1 is 0.925 bits per heavy atom. The summed E-state index contributed by atoms with van der Waals surface area (Å²) in [7, 11) is 2.03. The van der Waals surface area contributed by atoms with Crippen LogP contribution in [0.4, 0.5) is 4.79 Å². The summed E-state index contributed by atoms with van der Waals surface area (Å²) < 4.78 is 42.3. The highest BCUT2D eigenvalue weighted by Crippen LogP contribution is 2.59. The molecule has 13 nitrogen and oxygen atoms in total. The predicted molar refractivity (Wildman–Crippen MR) is 200 cm³/mol. The molecule has 4 amide bonds. The third-order valence-corrected chi connectivity index (χ3v) is 14.3. The molecule has 2 unspecified atom stereocenters. The second-order valence-corrected chi connectivity index (χ2v) is 18.2. The molecule has 3 saturated heterocycles. The highest BCUT2D eigenvalue weighted by Gasteiger charge is 2.69. The first-order valence-electron chi connectivity index (χ1n) is 18.7. The number of nitrogens with one attached hydrogen (secondary N) is 2. The van der Waals surface area contributed by atoms with E-state index in [0.717, 1.165) is 70.7 Å². The van der Waals surface area contributed by atoms with Gasteiger partial charge in [0.2, 0.25) is 5.91 Å². The zero-order valence-corrected chi connectivity index (χ0v) is 31.9. The lowest BCUT2D eigenvalue weighted by Crippen LogP contribution is -2.45. The van der Waals surface area contributed by atoms with Gasteiger partial charge in [-0.3, -0.25) is 9.59 Å². The van der Waals surface area contributed by atoms with Gasteiger partial charge >= 0.3 is 16.2 Å². The van der Waals surface area contributed by atoms with E-state index in [2.05, 4.69) is 26.7 Å². The third kappa shape index (κ3) is 5.88. The van der Waals surface area contributed by atoms with Gasteiger partial charge in [-0.05, 0) is 79.1 Å². The number of hydrogen-bond donors (Lipinski definition) is 2. The number of fused-ring (bicyclic) bond motifs is 1. The second-order valence-electron chi connectivity index (χ2n) is 16.3. The van der Waals surface area contributed by atoms with Crippen LogP contribution in [0.2, 0.25) is 0 Å². The number of nitrogens with zero attached hydrogens (tertiary/aromatic N) is 4. The topological polar surface area (TPSA) is 143 Å². The minimum absolute atomic E-state index is 0.0942. The largest absolute Gasteiger partial charge is 0.497 e. The molecule has 2 atom stereocenters. The Hall–Kier alpha value is -4.14. The van der Waals surface area contributed by atoms with Gasteiger partial charge in [0.15, 0.2) is 0 Å². The lowest BCUT2D eigenvalue weighted by atomic mass is 9.71. The van der Waals surface area contributed by atoms with E-state index < -0.39 is 21.5 Å². The number of rotatable bonds is 9. The van der Waals surface area contributed by atoms with E-state index in [1.165, 1.54) is 26.1 Å². The average Bonchev–Trinajstić information content (AvgIpc) is 3.46. The summed E-state index contributed by atoms with van der Waals surface area (Å²) in [6, 6.07) is 13.4. The summed E-state index contributed by atoms with van der Waals surface area (Å²) in [5.41, 5.74) is 3.09. The van der Waals surface area contributed by atoms with Crippen LogP contribution >= 0.6 is 0 Å². The number of amides is 4. The van der Waals surface area contributed by atoms with E-state index in [1.54, 1.807) is 26.3 Å². The number of likely N-dealkylation sites (tertiary alicyclic amines) is 2. The van der Waals surface area contributed by atoms with E-state index in [4.69, 9.17) is 9.47 Å². The highest BCUT2D eigenvalue weighted by atomic mass is 32.2. The molecular weight excluding hydrogens is 697 g/mol. The fourth-order valence-corrected chi connectivity index (χ4v) is 10.3. The van der Waals surface area contributed by atoms with E-state index in [-0.39, 0.29) is 28.3 Å². The van der Waals surface area contributed by atoms with Crippen molar-refractivity contribution in [3.05, 3.63) is 53.6 Å². The van der Waals surface area contributed by atoms with Crippen LogP contribution in [0.1, 0.15) is 66.8 Å². The quantitative estimate of drug-likeness (QED) is 0.335. The number of aromatic nitrogens is 1. The molecule has 0 bridgehead atoms. The highest BCUT2D eigenvalue weighted by molar-refractivity contribution is 7.87. The molecule has 3 aromatic rings. The molecule has 3 aliphatic heterocycles. The van der Waals surface area contributed by atoms with Gasteiger partial charge in [-0.25, -0.2) is 9.52 Å². The molecular formula is C39H50N6O7S. The molecule has 1 aromatic heterocycles. The Morgan fingerprint density at radius 2 is 1.57 bits per heavy atom. The summed E-state index contributed by atoms with van der Waals surface area (Å²) >= 11 is 0. The Balaban J connectivity index is 1.21. The minimum atomic E-state index is -4.01. The molecule has 53 heavy (non-hydrogen) atoms. The fraction of sp³-hybridized carbons (Fsp3) is 0.564. The van der Waals surface area contributed by atoms with E-state index in [9.17, 15) is 22.8 Å². The van der Waals surface area contributed by atoms with Crippen LogP contribution < -0.4 is 14.8 Å². The lowest BCUT2D eigenvalue weighted by molar-refractivity contribution is -0.137. The van der Waals surface area contributed by atoms with Crippen LogP contribution in [0.25, 0.3) is 22.2 Å². The molecule has 2 aliphatic carbocycles. The Morgan fingerprint density at radius 3 is 2.15 bits per heavy atom. The van der Waals surface area contributed by atoms with Gasteiger partial charge in [0, 0.05) is 81.2 Å². The van der Waals surface area contributed by atoms with Crippen molar-refractivity contribution in [2.24, 2.45) is 16.2 Å². The van der Waals surface area contributed by atoms with Gasteiger partial charge in [-0.1, -0.05) is 25.3 Å². The maximum Gasteiger partial charge on any atom is 0.317 e. The van der Waals surface area contributed by atoms with Crippen LogP contribution in [0.15, 0.2) is 42.5 Å². The van der Waals surface area contributed by atoms with Crippen molar-refractivity contribution in [1.82, 2.24) is 28.7 Å². The predicted octanol–water partition coefficient (Wildman–Crippen LogP) is 4.18. The zero-order valence-electron chi connectivity index (χ0n) is 31.1. The molecule has 4 heterocycles. The average molecular weight is 747 g/mol. The van der Waals surface area contributed by atoms with Crippen LogP contribution in [-0.2, 0) is 26.3 Å². The van der Waals surface area contributed by atoms with Gasteiger partial charge in [0.25, 0.3) is 5.91 Å². The van der Waals surface area contributed by atoms with E-state index in [1.807, 2.05) is 28.0 Å². The van der Waals surface area contributed by atoms with Crippen LogP contribution in [0, 0.1) is 16.2 Å². The lowest BCUT2D eigenvalue weighted by Gasteiger charge is -2.30. The molecule has 284 valence electrons. The molecule has 8 rings (SSSR count). The fourth-order valence-electron chi connectivity index (χ4n) is 9.76. The van der Waals surface area contributed by atoms with Crippen molar-refractivity contribution in [1.29, 1.82) is 0 Å². The summed E-state index contributed by atoms with van der Waals surface area (Å²) in [5, 5.41) is 3.79. The monoisotopic (exact) mass is 746 g/mol. The molecule has 14 heteroatoms. The Kier molecular flexibility index (Phi) is 8.81. The standard InChI is InChI=1S/C39H50N6O7S/c1-40-36(48)44-22-38-20-43(21-39(38,23-44)25-52-24-38)35(47)37(16-17-37)19-45-31-18-28(34(46)41-53(49,50)42(2)3)12-15-30(31)32(26-8-6-5-7-9-26)33(45)27-10-13-29(51-4)14-11-27/h10-15,18,26H,5-9,16-17,19-25H2,1-4H3,(H,40,48)(H,41,46). The van der Waals surface area contributed by atoms with Gasteiger partial charge in [0.05, 0.1) is 31.4 Å². The van der Waals surface area contributed by atoms with Gasteiger partial charge in [0.1, 0.15) is 5.75 Å². The second kappa shape index (κ2) is 13.0. The summed E-state index contributed by atoms with van der Waals surface area (Å²) in [6.45, 7) is 3.71. The molecule has 2 aromatic carbocycles. The summed E-state index contributed by atoms with van der Waals surface area (Å²) in [4.78, 5) is 44.9. The number of methoxy groups -OCH3 is 1. The first-order chi connectivity index (χ1) is 25.3. The van der Waals surface area contributed by atoms with Crippen molar-refractivity contribution < 1.29 is 32.3 Å². The molecule has 0 spiro atoms. The molecule has 2 saturated carbocycles. The minimum Gasteiger partial charge on any atom is -0.497 e. The third-order valence-electron chi connectivity index (χ3n) is 12.9. The molecule has 2 N–H and O–H groups in total. The molecule has 0 radical (unpaired) electrons. The van der Waals surface area contributed by atoms with E-state index in [0.29, 0.717) is 51.9 Å². The van der Waals surface area contributed by atoms with Crippen molar-refractivity contribution >= 4 is 39.0 Å². The number of ether oxygens (including phenoxy) is 2. The smallest absolute Gasteiger partial charge is 0.317 e. The number of carbonyl (C=O) groups excluding carboxylic acids is 3. The zero-order chi connectivity index (χ0) is 37.3. The molecule has 5 fully saturated rings. The van der Waals surface area contributed by atoms with Gasteiger partial charge in [-0.15, -0.1) is 0 Å². The number of carbonyl (C=O) groups is 3. The Labute approximate surface area is 311 Å². The van der Waals surface area contributed by atoms with Gasteiger partial charge < -0.3 is 29.2 Å². The number of benzene rings is 2. The molecule has 5 aliphatic rings. The van der Waals surface area contributed by atoms with Crippen molar-refractivity contribution in [2.45, 2.75) is 57.4 Å². The van der Waals surface area contributed by atoms with Crippen molar-refractivity contribution in [2.75, 3.05) is 67.6 Å². The van der Waals surface area contributed by atoms with Crippen LogP contribution in [-0.4, -0.2) is 113 Å². The summed E-state index contributed by atoms with van der Waals surface area (Å²) in [6.07, 6.45) is 7.02. The first kappa shape index (κ1) is 35.9. The number of hydrogen-bond acceptors (Lipinski definition) is 7. The normalized spacial score (nSPS) is 25.1. The SMILES string of the molecule is CNC(=O)N1CC23COCC2(C1)CN(C(=O)C1(Cn2c(-c4ccc(OC)cc4)c(C4CCCCC4)c4ccc(C(=O)NS(=O)(=O)N(C)C)cc42)CC1)C3. The van der Waals surface area contributed by atoms with Crippen molar-refractivity contribution in [3.63, 3.8) is 0 Å². The van der Waals surface area contributed by atoms with Crippen LogP contribution in [0.5, 0.6) is 5.75 Å². The first-order valence-corrected chi connectivity index (χ1v) is 20.2. The summed E-state index contributed by atoms with van der Waals surface area (Å²) in [5.74, 6) is 0.459. The maximum atomic E-state index is 14.9. The van der Waals surface area contributed by atoms with Crippen molar-refractivity contribution in [3.8, 4) is 17.0 Å². The maximum absolute atomic E-state index is 14.9. The number of urea groups is 1. The Bertz CT molecular complexity index is 2050. The van der Waals surface area contributed by atoms with Crippen LogP contribution in [0.3, 0.4) is 0 Å².